The Hall–Kier alpha value is -0.610. The number of rotatable bonds is 8. The molecule has 0 radical (unpaired) electrons. The lowest BCUT2D eigenvalue weighted by Gasteiger charge is -2.34. The highest BCUT2D eigenvalue weighted by atomic mass is 127. The highest BCUT2D eigenvalue weighted by molar-refractivity contribution is 14.0. The number of amides is 1. The van der Waals surface area contributed by atoms with Crippen LogP contribution in [0.1, 0.15) is 46.0 Å². The van der Waals surface area contributed by atoms with E-state index in [1.165, 1.54) is 45.3 Å². The number of nitrogens with one attached hydrogen (secondary N) is 2. The minimum Gasteiger partial charge on any atom is -0.357 e. The molecule has 0 atom stereocenters. The molecule has 2 N–H and O–H groups in total. The normalized spacial score (nSPS) is 19.6. The molecule has 2 aliphatic heterocycles. The van der Waals surface area contributed by atoms with Gasteiger partial charge in [-0.15, -0.1) is 24.0 Å². The second-order valence-corrected chi connectivity index (χ2v) is 7.64. The number of halogens is 1. The van der Waals surface area contributed by atoms with Gasteiger partial charge in [-0.25, -0.2) is 0 Å². The quantitative estimate of drug-likeness (QED) is 0.226. The number of hydrogen-bond donors (Lipinski definition) is 2. The van der Waals surface area contributed by atoms with Crippen molar-refractivity contribution in [2.45, 2.75) is 46.0 Å². The van der Waals surface area contributed by atoms with Crippen LogP contribution in [0.5, 0.6) is 0 Å². The Balaban J connectivity index is 0.00000392. The minimum absolute atomic E-state index is 0. The third kappa shape index (κ3) is 10.2. The third-order valence-electron chi connectivity index (χ3n) is 5.48. The fraction of sp³-hybridized carbons (Fsp3) is 0.900. The van der Waals surface area contributed by atoms with Gasteiger partial charge in [-0.3, -0.25) is 14.7 Å². The van der Waals surface area contributed by atoms with Crippen molar-refractivity contribution in [1.29, 1.82) is 0 Å². The topological polar surface area (TPSA) is 63.2 Å². The van der Waals surface area contributed by atoms with Gasteiger partial charge < -0.3 is 20.4 Å². The van der Waals surface area contributed by atoms with Gasteiger partial charge in [-0.1, -0.05) is 12.8 Å². The predicted octanol–water partition coefficient (Wildman–Crippen LogP) is 1.59. The molecule has 0 aromatic rings. The molecule has 2 saturated heterocycles. The second kappa shape index (κ2) is 15.3. The first kappa shape index (κ1) is 25.4. The van der Waals surface area contributed by atoms with Gasteiger partial charge in [0.25, 0.3) is 0 Å². The van der Waals surface area contributed by atoms with Crippen molar-refractivity contribution < 1.29 is 4.79 Å². The Labute approximate surface area is 188 Å². The first-order chi connectivity index (χ1) is 13.2. The molecule has 164 valence electrons. The van der Waals surface area contributed by atoms with E-state index in [-0.39, 0.29) is 29.9 Å². The molecule has 2 fully saturated rings. The number of likely N-dealkylation sites (tertiary alicyclic amines) is 1. The van der Waals surface area contributed by atoms with Crippen molar-refractivity contribution in [1.82, 2.24) is 25.3 Å². The lowest BCUT2D eigenvalue weighted by atomic mass is 10.2. The van der Waals surface area contributed by atoms with Gasteiger partial charge >= 0.3 is 0 Å². The Morgan fingerprint density at radius 3 is 2.14 bits per heavy atom. The molecule has 0 spiro atoms. The minimum atomic E-state index is 0. The molecular formula is C20H41IN6O. The van der Waals surface area contributed by atoms with E-state index >= 15 is 0 Å². The Morgan fingerprint density at radius 1 is 0.893 bits per heavy atom. The summed E-state index contributed by atoms with van der Waals surface area (Å²) in [6.07, 6.45) is 6.63. The number of nitrogens with zero attached hydrogens (tertiary/aromatic N) is 4. The van der Waals surface area contributed by atoms with E-state index in [0.29, 0.717) is 0 Å². The Morgan fingerprint density at radius 2 is 1.54 bits per heavy atom. The summed E-state index contributed by atoms with van der Waals surface area (Å²) >= 11 is 0. The van der Waals surface area contributed by atoms with Crippen LogP contribution in [-0.2, 0) is 4.79 Å². The molecule has 1 amide bonds. The van der Waals surface area contributed by atoms with Crippen LogP contribution in [0.2, 0.25) is 0 Å². The van der Waals surface area contributed by atoms with Crippen LogP contribution in [-0.4, -0.2) is 98.6 Å². The van der Waals surface area contributed by atoms with Crippen LogP contribution < -0.4 is 10.6 Å². The molecule has 0 aliphatic carbocycles. The molecule has 8 heteroatoms. The largest absolute Gasteiger partial charge is 0.357 e. The highest BCUT2D eigenvalue weighted by Gasteiger charge is 2.17. The summed E-state index contributed by atoms with van der Waals surface area (Å²) in [7, 11) is 0. The number of carbonyl (C=O) groups excluding carboxylic acids is 1. The van der Waals surface area contributed by atoms with Crippen molar-refractivity contribution in [3.8, 4) is 0 Å². The van der Waals surface area contributed by atoms with E-state index in [1.54, 1.807) is 6.92 Å². The Bertz CT molecular complexity index is 446. The Kier molecular flexibility index (Phi) is 13.9. The van der Waals surface area contributed by atoms with Crippen molar-refractivity contribution in [3.63, 3.8) is 0 Å². The summed E-state index contributed by atoms with van der Waals surface area (Å²) < 4.78 is 0. The monoisotopic (exact) mass is 508 g/mol. The second-order valence-electron chi connectivity index (χ2n) is 7.64. The van der Waals surface area contributed by atoms with Crippen molar-refractivity contribution in [2.75, 3.05) is 72.0 Å². The fourth-order valence-electron chi connectivity index (χ4n) is 3.81. The van der Waals surface area contributed by atoms with Gasteiger partial charge in [0.05, 0.1) is 0 Å². The SMILES string of the molecule is CCNC(=NCCCN1CCCCCC1)NCCN1CCN(C(C)=O)CC1.I. The first-order valence-electron chi connectivity index (χ1n) is 10.9. The van der Waals surface area contributed by atoms with Crippen LogP contribution in [0.15, 0.2) is 4.99 Å². The average Bonchev–Trinajstić information content (AvgIpc) is 2.94. The molecular weight excluding hydrogens is 467 g/mol. The van der Waals surface area contributed by atoms with Crippen molar-refractivity contribution in [3.05, 3.63) is 0 Å². The molecule has 0 unspecified atom stereocenters. The zero-order valence-electron chi connectivity index (χ0n) is 17.9. The van der Waals surface area contributed by atoms with Gasteiger partial charge in [0.1, 0.15) is 0 Å². The summed E-state index contributed by atoms with van der Waals surface area (Å²) in [5, 5.41) is 6.80. The van der Waals surface area contributed by atoms with E-state index in [9.17, 15) is 4.79 Å². The van der Waals surface area contributed by atoms with E-state index in [4.69, 9.17) is 4.99 Å². The average molecular weight is 508 g/mol. The lowest BCUT2D eigenvalue weighted by Crippen LogP contribution is -2.50. The summed E-state index contributed by atoms with van der Waals surface area (Å²) in [5.41, 5.74) is 0. The van der Waals surface area contributed by atoms with E-state index in [1.807, 2.05) is 4.90 Å². The molecule has 0 aromatic carbocycles. The molecule has 0 bridgehead atoms. The summed E-state index contributed by atoms with van der Waals surface area (Å²) in [6, 6.07) is 0. The van der Waals surface area contributed by atoms with Crippen molar-refractivity contribution in [2.24, 2.45) is 4.99 Å². The van der Waals surface area contributed by atoms with Crippen LogP contribution in [0.4, 0.5) is 0 Å². The van der Waals surface area contributed by atoms with Gasteiger partial charge in [-0.2, -0.15) is 0 Å². The van der Waals surface area contributed by atoms with Gasteiger partial charge in [0.15, 0.2) is 5.96 Å². The molecule has 28 heavy (non-hydrogen) atoms. The molecule has 0 aromatic heterocycles. The van der Waals surface area contributed by atoms with Crippen LogP contribution in [0, 0.1) is 0 Å². The zero-order chi connectivity index (χ0) is 19.3. The maximum atomic E-state index is 11.4. The summed E-state index contributed by atoms with van der Waals surface area (Å²) in [6.45, 7) is 14.7. The van der Waals surface area contributed by atoms with E-state index in [2.05, 4.69) is 27.4 Å². The van der Waals surface area contributed by atoms with E-state index < -0.39 is 0 Å². The molecule has 7 nitrogen and oxygen atoms in total. The highest BCUT2D eigenvalue weighted by Crippen LogP contribution is 2.09. The first-order valence-corrected chi connectivity index (χ1v) is 10.9. The lowest BCUT2D eigenvalue weighted by molar-refractivity contribution is -0.130. The van der Waals surface area contributed by atoms with E-state index in [0.717, 1.165) is 64.7 Å². The van der Waals surface area contributed by atoms with Gasteiger partial charge in [0, 0.05) is 59.3 Å². The van der Waals surface area contributed by atoms with Crippen molar-refractivity contribution >= 4 is 35.8 Å². The number of carbonyl (C=O) groups is 1. The molecule has 0 saturated carbocycles. The number of aliphatic imine (C=N–C) groups is 1. The summed E-state index contributed by atoms with van der Waals surface area (Å²) in [5.74, 6) is 1.12. The third-order valence-corrected chi connectivity index (χ3v) is 5.48. The van der Waals surface area contributed by atoms with Gasteiger partial charge in [-0.05, 0) is 45.8 Å². The fourth-order valence-corrected chi connectivity index (χ4v) is 3.81. The smallest absolute Gasteiger partial charge is 0.219 e. The number of guanidine groups is 1. The van der Waals surface area contributed by atoms with Crippen LogP contribution in [0.3, 0.4) is 0 Å². The maximum absolute atomic E-state index is 11.4. The molecule has 2 heterocycles. The standard InChI is InChI=1S/C20H40N6O.HI/c1-3-21-20(22-9-8-13-24-11-6-4-5-7-12-24)23-10-14-25-15-17-26(18-16-25)19(2)27;/h3-18H2,1-2H3,(H2,21,22,23);1H. The number of piperazine rings is 1. The number of hydrogen-bond acceptors (Lipinski definition) is 4. The van der Waals surface area contributed by atoms with Crippen LogP contribution >= 0.6 is 24.0 Å². The molecule has 2 rings (SSSR count). The van der Waals surface area contributed by atoms with Gasteiger partial charge in [0.2, 0.25) is 5.91 Å². The summed E-state index contributed by atoms with van der Waals surface area (Å²) in [4.78, 5) is 23.1. The van der Waals surface area contributed by atoms with Crippen LogP contribution in [0.25, 0.3) is 0 Å². The predicted molar refractivity (Wildman–Crippen MR) is 128 cm³/mol. The molecule has 2 aliphatic rings. The zero-order valence-corrected chi connectivity index (χ0v) is 20.2. The maximum Gasteiger partial charge on any atom is 0.219 e.